The van der Waals surface area contributed by atoms with E-state index in [1.165, 1.54) is 30.3 Å². The number of hydrogen-bond acceptors (Lipinski definition) is 3. The molecule has 0 bridgehead atoms. The van der Waals surface area contributed by atoms with E-state index >= 15 is 0 Å². The molecule has 2 aromatic carbocycles. The highest BCUT2D eigenvalue weighted by Crippen LogP contribution is 2.27. The van der Waals surface area contributed by atoms with Crippen molar-refractivity contribution in [3.05, 3.63) is 71.3 Å². The molecule has 0 saturated carbocycles. The summed E-state index contributed by atoms with van der Waals surface area (Å²) >= 11 is 0. The average Bonchev–Trinajstić information content (AvgIpc) is 3.20. The van der Waals surface area contributed by atoms with Crippen molar-refractivity contribution in [1.82, 2.24) is 10.6 Å². The van der Waals surface area contributed by atoms with Crippen LogP contribution in [0, 0.1) is 11.6 Å². The van der Waals surface area contributed by atoms with Crippen LogP contribution in [0.1, 0.15) is 36.1 Å². The van der Waals surface area contributed by atoms with Gasteiger partial charge in [0.25, 0.3) is 0 Å². The van der Waals surface area contributed by atoms with E-state index in [1.807, 2.05) is 0 Å². The molecule has 3 unspecified atom stereocenters. The number of ether oxygens (including phenoxy) is 1. The van der Waals surface area contributed by atoms with E-state index in [1.54, 1.807) is 18.2 Å². The minimum Gasteiger partial charge on any atom is -0.386 e. The molecule has 1 fully saturated rings. The van der Waals surface area contributed by atoms with Crippen molar-refractivity contribution in [2.75, 3.05) is 13.2 Å². The Balaban J connectivity index is 1.62. The first kappa shape index (κ1) is 19.3. The van der Waals surface area contributed by atoms with Gasteiger partial charge in [-0.2, -0.15) is 0 Å². The third-order valence-electron chi connectivity index (χ3n) is 4.57. The van der Waals surface area contributed by atoms with Gasteiger partial charge in [0.2, 0.25) is 0 Å². The molecule has 1 aliphatic rings. The number of hydrogen-bond donors (Lipinski definition) is 3. The molecule has 0 spiro atoms. The minimum atomic E-state index is -1.16. The quantitative estimate of drug-likeness (QED) is 0.725. The van der Waals surface area contributed by atoms with Crippen LogP contribution < -0.4 is 10.6 Å². The Morgan fingerprint density at radius 2 is 1.93 bits per heavy atom. The third kappa shape index (κ3) is 5.02. The number of aliphatic hydroxyl groups excluding tert-OH is 1. The largest absolute Gasteiger partial charge is 0.386 e. The predicted molar refractivity (Wildman–Crippen MR) is 96.0 cm³/mol. The number of halogens is 2. The SMILES string of the molecule is O=C(NCC(O)c1ccccc1F)NC(c1ccc(F)cc1)C1CCCO1. The molecule has 144 valence electrons. The molecule has 0 aliphatic carbocycles. The van der Waals surface area contributed by atoms with E-state index < -0.39 is 24.0 Å². The summed E-state index contributed by atoms with van der Waals surface area (Å²) in [6, 6.07) is 10.8. The van der Waals surface area contributed by atoms with Crippen molar-refractivity contribution in [3.8, 4) is 0 Å². The molecule has 1 saturated heterocycles. The number of urea groups is 1. The summed E-state index contributed by atoms with van der Waals surface area (Å²) in [5.74, 6) is -0.891. The Kier molecular flexibility index (Phi) is 6.36. The molecule has 0 aromatic heterocycles. The summed E-state index contributed by atoms with van der Waals surface area (Å²) in [4.78, 5) is 12.3. The summed E-state index contributed by atoms with van der Waals surface area (Å²) in [6.45, 7) is 0.464. The number of nitrogens with one attached hydrogen (secondary N) is 2. The summed E-state index contributed by atoms with van der Waals surface area (Å²) < 4.78 is 32.6. The van der Waals surface area contributed by atoms with Crippen molar-refractivity contribution < 1.29 is 23.4 Å². The standard InChI is InChI=1S/C20H22F2N2O3/c21-14-9-7-13(8-10-14)19(18-6-3-11-27-18)24-20(26)23-12-17(25)15-4-1-2-5-16(15)22/h1-2,4-5,7-10,17-19,25H,3,6,11-12H2,(H2,23,24,26). The molecule has 2 amide bonds. The normalized spacial score (nSPS) is 18.7. The molecular weight excluding hydrogens is 354 g/mol. The van der Waals surface area contributed by atoms with Gasteiger partial charge in [0, 0.05) is 18.7 Å². The highest BCUT2D eigenvalue weighted by atomic mass is 19.1. The first-order valence-electron chi connectivity index (χ1n) is 8.88. The van der Waals surface area contributed by atoms with Crippen LogP contribution in [0.5, 0.6) is 0 Å². The van der Waals surface area contributed by atoms with Crippen LogP contribution in [-0.2, 0) is 4.74 Å². The molecule has 1 heterocycles. The predicted octanol–water partition coefficient (Wildman–Crippen LogP) is 3.22. The number of carbonyl (C=O) groups excluding carboxylic acids is 1. The maximum absolute atomic E-state index is 13.7. The van der Waals surface area contributed by atoms with Gasteiger partial charge in [-0.3, -0.25) is 0 Å². The Morgan fingerprint density at radius 3 is 2.59 bits per heavy atom. The zero-order valence-corrected chi connectivity index (χ0v) is 14.7. The second-order valence-electron chi connectivity index (χ2n) is 6.47. The van der Waals surface area contributed by atoms with Crippen LogP contribution in [0.15, 0.2) is 48.5 Å². The molecule has 2 aromatic rings. The fraction of sp³-hybridized carbons (Fsp3) is 0.350. The van der Waals surface area contributed by atoms with Gasteiger partial charge in [0.15, 0.2) is 0 Å². The number of aliphatic hydroxyl groups is 1. The number of carbonyl (C=O) groups is 1. The molecule has 0 radical (unpaired) electrons. The molecule has 5 nitrogen and oxygen atoms in total. The van der Waals surface area contributed by atoms with Crippen LogP contribution in [0.4, 0.5) is 13.6 Å². The van der Waals surface area contributed by atoms with E-state index in [4.69, 9.17) is 4.74 Å². The lowest BCUT2D eigenvalue weighted by Crippen LogP contribution is -2.43. The van der Waals surface area contributed by atoms with Gasteiger partial charge in [-0.05, 0) is 36.6 Å². The van der Waals surface area contributed by atoms with Crippen molar-refractivity contribution in [1.29, 1.82) is 0 Å². The highest BCUT2D eigenvalue weighted by molar-refractivity contribution is 5.74. The van der Waals surface area contributed by atoms with E-state index in [2.05, 4.69) is 10.6 Å². The van der Waals surface area contributed by atoms with E-state index in [0.717, 1.165) is 18.4 Å². The van der Waals surface area contributed by atoms with Crippen LogP contribution in [0.2, 0.25) is 0 Å². The molecule has 3 atom stereocenters. The fourth-order valence-electron chi connectivity index (χ4n) is 3.16. The highest BCUT2D eigenvalue weighted by Gasteiger charge is 2.29. The monoisotopic (exact) mass is 376 g/mol. The molecule has 3 rings (SSSR count). The number of rotatable bonds is 6. The first-order valence-corrected chi connectivity index (χ1v) is 8.88. The smallest absolute Gasteiger partial charge is 0.315 e. The summed E-state index contributed by atoms with van der Waals surface area (Å²) in [5.41, 5.74) is 0.847. The van der Waals surface area contributed by atoms with Gasteiger partial charge in [-0.1, -0.05) is 30.3 Å². The topological polar surface area (TPSA) is 70.6 Å². The lowest BCUT2D eigenvalue weighted by atomic mass is 9.99. The van der Waals surface area contributed by atoms with Gasteiger partial charge in [-0.15, -0.1) is 0 Å². The van der Waals surface area contributed by atoms with Crippen molar-refractivity contribution >= 4 is 6.03 Å². The first-order chi connectivity index (χ1) is 13.0. The van der Waals surface area contributed by atoms with Gasteiger partial charge in [0.1, 0.15) is 11.6 Å². The van der Waals surface area contributed by atoms with E-state index in [9.17, 15) is 18.7 Å². The average molecular weight is 376 g/mol. The second-order valence-corrected chi connectivity index (χ2v) is 6.47. The lowest BCUT2D eigenvalue weighted by Gasteiger charge is -2.25. The molecule has 7 heteroatoms. The zero-order valence-electron chi connectivity index (χ0n) is 14.7. The van der Waals surface area contributed by atoms with Crippen molar-refractivity contribution in [3.63, 3.8) is 0 Å². The minimum absolute atomic E-state index is 0.118. The maximum Gasteiger partial charge on any atom is 0.315 e. The second kappa shape index (κ2) is 8.92. The Bertz CT molecular complexity index is 764. The molecule has 1 aliphatic heterocycles. The maximum atomic E-state index is 13.7. The molecule has 27 heavy (non-hydrogen) atoms. The number of benzene rings is 2. The van der Waals surface area contributed by atoms with Crippen LogP contribution >= 0.6 is 0 Å². The summed E-state index contributed by atoms with van der Waals surface area (Å²) in [7, 11) is 0. The van der Waals surface area contributed by atoms with Gasteiger partial charge < -0.3 is 20.5 Å². The zero-order chi connectivity index (χ0) is 19.2. The summed E-state index contributed by atoms with van der Waals surface area (Å²) in [6.07, 6.45) is 0.291. The van der Waals surface area contributed by atoms with Gasteiger partial charge >= 0.3 is 6.03 Å². The molecular formula is C20H22F2N2O3. The van der Waals surface area contributed by atoms with Gasteiger partial charge in [-0.25, -0.2) is 13.6 Å². The van der Waals surface area contributed by atoms with E-state index in [-0.39, 0.29) is 24.0 Å². The van der Waals surface area contributed by atoms with Crippen LogP contribution in [0.3, 0.4) is 0 Å². The Morgan fingerprint density at radius 1 is 1.19 bits per heavy atom. The number of amides is 2. The van der Waals surface area contributed by atoms with Gasteiger partial charge in [0.05, 0.1) is 18.2 Å². The Hall–Kier alpha value is -2.51. The van der Waals surface area contributed by atoms with Crippen molar-refractivity contribution in [2.24, 2.45) is 0 Å². The van der Waals surface area contributed by atoms with Crippen LogP contribution in [-0.4, -0.2) is 30.4 Å². The lowest BCUT2D eigenvalue weighted by molar-refractivity contribution is 0.0803. The molecule has 3 N–H and O–H groups in total. The van der Waals surface area contributed by atoms with Crippen LogP contribution in [0.25, 0.3) is 0 Å². The van der Waals surface area contributed by atoms with E-state index in [0.29, 0.717) is 6.61 Å². The Labute approximate surface area is 156 Å². The van der Waals surface area contributed by atoms with Crippen molar-refractivity contribution in [2.45, 2.75) is 31.1 Å². The summed E-state index contributed by atoms with van der Waals surface area (Å²) in [5, 5.41) is 15.5. The third-order valence-corrected chi connectivity index (χ3v) is 4.57. The fourth-order valence-corrected chi connectivity index (χ4v) is 3.16.